The zero-order valence-electron chi connectivity index (χ0n) is 52.7. The van der Waals surface area contributed by atoms with E-state index in [9.17, 15) is 5.26 Å². The summed E-state index contributed by atoms with van der Waals surface area (Å²) >= 11 is 0. The molecule has 0 aliphatic rings. The van der Waals surface area contributed by atoms with Gasteiger partial charge in [-0.15, -0.1) is 0 Å². The number of nitriles is 1. The van der Waals surface area contributed by atoms with Crippen LogP contribution in [-0.4, -0.2) is 27.4 Å². The number of benzene rings is 14. The number of nitrogens with zero attached hydrogens (tertiary/aromatic N) is 7. The molecule has 474 valence electrons. The third-order valence-electron chi connectivity index (χ3n) is 20.5. The van der Waals surface area contributed by atoms with Crippen molar-refractivity contribution in [1.29, 1.82) is 5.26 Å². The number of hydrogen-bond acceptors (Lipinski definition) is 1. The quantitative estimate of drug-likeness (QED) is 0.147. The first-order valence-electron chi connectivity index (χ1n) is 32.9. The Balaban J connectivity index is 0.987. The van der Waals surface area contributed by atoms with E-state index in [4.69, 9.17) is 0 Å². The van der Waals surface area contributed by atoms with Gasteiger partial charge in [0.15, 0.2) is 0 Å². The fraction of sp³-hybridized carbons (Fsp3) is 0.0230. The normalized spacial score (nSPS) is 12.5. The van der Waals surface area contributed by atoms with Gasteiger partial charge in [0, 0.05) is 98.5 Å². The lowest BCUT2D eigenvalue weighted by Crippen LogP contribution is -2.15. The lowest BCUT2D eigenvalue weighted by atomic mass is 9.89. The minimum absolute atomic E-state index is 0.196. The Morgan fingerprint density at radius 2 is 0.460 bits per heavy atom. The van der Waals surface area contributed by atoms with Crippen molar-refractivity contribution in [2.75, 3.05) is 0 Å². The minimum atomic E-state index is -5.30. The van der Waals surface area contributed by atoms with E-state index in [0.29, 0.717) is 39.9 Å². The number of fused-ring (bicyclic) bond motifs is 18. The van der Waals surface area contributed by atoms with Crippen LogP contribution in [0.2, 0.25) is 0 Å². The van der Waals surface area contributed by atoms with Gasteiger partial charge in [0.2, 0.25) is 0 Å². The molecule has 0 N–H and O–H groups in total. The predicted molar refractivity (Wildman–Crippen MR) is 393 cm³/mol. The maximum absolute atomic E-state index is 16.0. The van der Waals surface area contributed by atoms with Crippen molar-refractivity contribution in [3.8, 4) is 51.3 Å². The first kappa shape index (κ1) is 57.2. The van der Waals surface area contributed by atoms with E-state index in [1.54, 1.807) is 0 Å². The molecule has 6 aromatic heterocycles. The molecule has 100 heavy (non-hydrogen) atoms. The molecule has 0 unspecified atom stereocenters. The van der Waals surface area contributed by atoms with E-state index >= 15 is 26.3 Å². The van der Waals surface area contributed by atoms with E-state index in [1.165, 1.54) is 12.1 Å². The van der Waals surface area contributed by atoms with Gasteiger partial charge in [-0.25, -0.2) is 0 Å². The molecule has 6 heterocycles. The molecule has 20 rings (SSSR count). The Kier molecular flexibility index (Phi) is 12.0. The molecular formula is C87H49F6N7. The highest BCUT2D eigenvalue weighted by Gasteiger charge is 2.42. The second-order valence-corrected chi connectivity index (χ2v) is 25.7. The summed E-state index contributed by atoms with van der Waals surface area (Å²) < 4.78 is 109. The summed E-state index contributed by atoms with van der Waals surface area (Å²) in [7, 11) is 0. The largest absolute Gasteiger partial charge is 0.417 e. The molecule has 0 fully saturated rings. The molecule has 13 heteroatoms. The number of halogens is 6. The number of rotatable bonds is 7. The van der Waals surface area contributed by atoms with Crippen molar-refractivity contribution in [3.05, 3.63) is 314 Å². The van der Waals surface area contributed by atoms with Crippen molar-refractivity contribution < 1.29 is 26.3 Å². The number of aromatic nitrogens is 6. The number of hydrogen-bond donors (Lipinski definition) is 0. The average Bonchev–Trinajstić information content (AvgIpc) is 1.63. The van der Waals surface area contributed by atoms with Crippen molar-refractivity contribution in [2.45, 2.75) is 12.4 Å². The van der Waals surface area contributed by atoms with Crippen LogP contribution in [-0.2, 0) is 12.4 Å². The van der Waals surface area contributed by atoms with Crippen LogP contribution < -0.4 is 0 Å². The van der Waals surface area contributed by atoms with Gasteiger partial charge >= 0.3 is 12.4 Å². The second kappa shape index (κ2) is 21.0. The summed E-state index contributed by atoms with van der Waals surface area (Å²) in [5.74, 6) is 0. The smallest absolute Gasteiger partial charge is 0.309 e. The molecule has 0 atom stereocenters. The Labute approximate surface area is 564 Å². The van der Waals surface area contributed by atoms with Crippen molar-refractivity contribution in [1.82, 2.24) is 27.4 Å². The van der Waals surface area contributed by atoms with Crippen molar-refractivity contribution in [2.24, 2.45) is 0 Å². The Bertz CT molecular complexity index is 6390. The van der Waals surface area contributed by atoms with Gasteiger partial charge in [-0.05, 0) is 121 Å². The fourth-order valence-electron chi connectivity index (χ4n) is 16.4. The lowest BCUT2D eigenvalue weighted by molar-refractivity contribution is -0.142. The molecule has 0 amide bonds. The van der Waals surface area contributed by atoms with E-state index in [2.05, 4.69) is 199 Å². The Morgan fingerprint density at radius 1 is 0.230 bits per heavy atom. The highest BCUT2D eigenvalue weighted by molar-refractivity contribution is 6.17. The van der Waals surface area contributed by atoms with Crippen LogP contribution in [0.3, 0.4) is 0 Å². The van der Waals surface area contributed by atoms with E-state index < -0.39 is 40.2 Å². The van der Waals surface area contributed by atoms with Crippen LogP contribution >= 0.6 is 0 Å². The van der Waals surface area contributed by atoms with Crippen LogP contribution in [0.4, 0.5) is 26.3 Å². The van der Waals surface area contributed by atoms with Crippen LogP contribution in [0.25, 0.3) is 176 Å². The third-order valence-corrected chi connectivity index (χ3v) is 20.5. The first-order valence-corrected chi connectivity index (χ1v) is 32.9. The summed E-state index contributed by atoms with van der Waals surface area (Å²) in [6.45, 7) is 0. The van der Waals surface area contributed by atoms with E-state index in [-0.39, 0.29) is 5.69 Å². The van der Waals surface area contributed by atoms with Gasteiger partial charge < -0.3 is 27.4 Å². The summed E-state index contributed by atoms with van der Waals surface area (Å²) in [6.07, 6.45) is -10.6. The predicted octanol–water partition coefficient (Wildman–Crippen LogP) is 23.8. The standard InChI is InChI=1S/C87H49F6N7/c88-86(89,90)69-26-17-27-70(87(91,92)93)85(69)68-49-84(100-81-47-54(97-75-32-13-5-22-60(75)61-23-6-14-33-76(61)97)38-42-66(81)67-43-39-55(48-82(67)100)98-77-34-15-7-24-62(77)63-25-8-16-35-78(63)98)83(44-51(68)50-94)99-79-45-52(95-71-28-9-1-18-56(71)57-19-2-10-29-72(57)95)36-40-64(79)65-41-37-53(46-80(65)99)96-73-30-11-3-20-58(73)59-21-4-12-31-74(59)96/h1-49H. The van der Waals surface area contributed by atoms with Crippen LogP contribution in [0.1, 0.15) is 16.7 Å². The van der Waals surface area contributed by atoms with Crippen molar-refractivity contribution in [3.63, 3.8) is 0 Å². The van der Waals surface area contributed by atoms with Crippen LogP contribution in [0.5, 0.6) is 0 Å². The number of para-hydroxylation sites is 8. The van der Waals surface area contributed by atoms with Crippen molar-refractivity contribution >= 4 is 131 Å². The van der Waals surface area contributed by atoms with Crippen LogP contribution in [0, 0.1) is 11.3 Å². The summed E-state index contributed by atoms with van der Waals surface area (Å²) in [6, 6.07) is 97.5. The fourth-order valence-corrected chi connectivity index (χ4v) is 16.4. The average molecular weight is 1310 g/mol. The summed E-state index contributed by atoms with van der Waals surface area (Å²) in [4.78, 5) is 0. The lowest BCUT2D eigenvalue weighted by Gasteiger charge is -2.23. The third kappa shape index (κ3) is 8.16. The van der Waals surface area contributed by atoms with Crippen LogP contribution in [0.15, 0.2) is 297 Å². The van der Waals surface area contributed by atoms with Gasteiger partial charge in [-0.1, -0.05) is 176 Å². The highest BCUT2D eigenvalue weighted by atomic mass is 19.4. The molecule has 0 radical (unpaired) electrons. The van der Waals surface area contributed by atoms with Gasteiger partial charge in [-0.2, -0.15) is 31.6 Å². The highest BCUT2D eigenvalue weighted by Crippen LogP contribution is 2.50. The van der Waals surface area contributed by atoms with Gasteiger partial charge in [0.1, 0.15) is 0 Å². The molecular weight excluding hydrogens is 1260 g/mol. The molecule has 0 spiro atoms. The second-order valence-electron chi connectivity index (χ2n) is 25.7. The zero-order valence-corrected chi connectivity index (χ0v) is 52.7. The maximum atomic E-state index is 16.0. The Morgan fingerprint density at radius 3 is 0.700 bits per heavy atom. The minimum Gasteiger partial charge on any atom is -0.309 e. The van der Waals surface area contributed by atoms with Gasteiger partial charge in [0.05, 0.1) is 100 Å². The molecule has 0 aliphatic heterocycles. The zero-order chi connectivity index (χ0) is 67.0. The molecule has 0 saturated heterocycles. The topological polar surface area (TPSA) is 53.4 Å². The Hall–Kier alpha value is -13.1. The first-order chi connectivity index (χ1) is 48.9. The molecule has 14 aromatic carbocycles. The summed E-state index contributed by atoms with van der Waals surface area (Å²) in [5.41, 5.74) is 8.33. The van der Waals surface area contributed by atoms with Gasteiger partial charge in [0.25, 0.3) is 0 Å². The van der Waals surface area contributed by atoms with E-state index in [0.717, 1.165) is 138 Å². The van der Waals surface area contributed by atoms with E-state index in [1.807, 2.05) is 102 Å². The molecule has 0 bridgehead atoms. The SMILES string of the molecule is N#Cc1cc(-n2c3cc(-n4c5ccccc5c5ccccc54)ccc3c3ccc(-n4c5ccccc5c5ccccc54)cc32)c(-n2c3cc(-n4c5ccccc5c5ccccc54)ccc3c3ccc(-n4c5ccccc5c5ccccc54)cc32)cc1-c1c(C(F)(F)F)cccc1C(F)(F)F. The molecule has 0 saturated carbocycles. The summed E-state index contributed by atoms with van der Waals surface area (Å²) in [5, 5.41) is 23.1. The number of alkyl halides is 6. The molecule has 0 aliphatic carbocycles. The maximum Gasteiger partial charge on any atom is 0.417 e. The molecule has 7 nitrogen and oxygen atoms in total. The van der Waals surface area contributed by atoms with Gasteiger partial charge in [-0.3, -0.25) is 0 Å². The molecule has 20 aromatic rings. The monoisotopic (exact) mass is 1310 g/mol.